The van der Waals surface area contributed by atoms with E-state index >= 15 is 0 Å². The minimum Gasteiger partial charge on any atom is -0.376 e. The van der Waals surface area contributed by atoms with Crippen LogP contribution in [0.5, 0.6) is 0 Å². The SMILES string of the molecule is Cc1cccn2c(NC[C@@H]3CCCO3)c(C(C)C)nc12. The predicted molar refractivity (Wildman–Crippen MR) is 81.5 cm³/mol. The maximum atomic E-state index is 5.70. The second kappa shape index (κ2) is 5.44. The van der Waals surface area contributed by atoms with Crippen LogP contribution in [0.3, 0.4) is 0 Å². The number of ether oxygens (including phenoxy) is 1. The van der Waals surface area contributed by atoms with E-state index in [0.29, 0.717) is 12.0 Å². The van der Waals surface area contributed by atoms with Crippen molar-refractivity contribution in [1.29, 1.82) is 0 Å². The zero-order valence-corrected chi connectivity index (χ0v) is 12.5. The molecule has 0 bridgehead atoms. The molecule has 0 spiro atoms. The van der Waals surface area contributed by atoms with Crippen molar-refractivity contribution >= 4 is 11.5 Å². The van der Waals surface area contributed by atoms with Gasteiger partial charge in [0.05, 0.1) is 11.8 Å². The summed E-state index contributed by atoms with van der Waals surface area (Å²) in [6, 6.07) is 4.18. The minimum absolute atomic E-state index is 0.338. The molecule has 1 N–H and O–H groups in total. The number of aromatic nitrogens is 2. The molecule has 0 unspecified atom stereocenters. The quantitative estimate of drug-likeness (QED) is 0.928. The van der Waals surface area contributed by atoms with E-state index in [0.717, 1.165) is 36.7 Å². The highest BCUT2D eigenvalue weighted by atomic mass is 16.5. The first-order valence-corrected chi connectivity index (χ1v) is 7.50. The van der Waals surface area contributed by atoms with E-state index in [1.165, 1.54) is 12.0 Å². The molecule has 1 fully saturated rings. The molecule has 20 heavy (non-hydrogen) atoms. The third-order valence-electron chi connectivity index (χ3n) is 3.94. The molecule has 2 aromatic heterocycles. The van der Waals surface area contributed by atoms with E-state index in [1.807, 2.05) is 0 Å². The van der Waals surface area contributed by atoms with Gasteiger partial charge in [-0.3, -0.25) is 4.40 Å². The molecule has 1 atom stereocenters. The molecule has 1 aliphatic heterocycles. The highest BCUT2D eigenvalue weighted by Crippen LogP contribution is 2.27. The Bertz CT molecular complexity index is 597. The smallest absolute Gasteiger partial charge is 0.141 e. The van der Waals surface area contributed by atoms with E-state index in [-0.39, 0.29) is 0 Å². The fraction of sp³-hybridized carbons (Fsp3) is 0.562. The standard InChI is InChI=1S/C16H23N3O/c1-11(2)14-16(17-10-13-7-5-9-20-13)19-8-4-6-12(3)15(19)18-14/h4,6,8,11,13,17H,5,7,9-10H2,1-3H3/t13-/m0/s1. The second-order valence-electron chi connectivity index (χ2n) is 5.90. The summed E-state index contributed by atoms with van der Waals surface area (Å²) in [7, 11) is 0. The van der Waals surface area contributed by atoms with Gasteiger partial charge in [-0.1, -0.05) is 19.9 Å². The highest BCUT2D eigenvalue weighted by molar-refractivity contribution is 5.59. The van der Waals surface area contributed by atoms with E-state index in [1.54, 1.807) is 0 Å². The number of nitrogens with zero attached hydrogens (tertiary/aromatic N) is 2. The Morgan fingerprint density at radius 2 is 2.35 bits per heavy atom. The largest absolute Gasteiger partial charge is 0.376 e. The average molecular weight is 273 g/mol. The number of nitrogens with one attached hydrogen (secondary N) is 1. The molecule has 0 aliphatic carbocycles. The minimum atomic E-state index is 0.338. The number of imidazole rings is 1. The first-order valence-electron chi connectivity index (χ1n) is 7.50. The lowest BCUT2D eigenvalue weighted by molar-refractivity contribution is 0.120. The van der Waals surface area contributed by atoms with Crippen LogP contribution in [-0.2, 0) is 4.74 Å². The number of aryl methyl sites for hydroxylation is 1. The van der Waals surface area contributed by atoms with Crippen molar-refractivity contribution in [2.45, 2.75) is 45.6 Å². The van der Waals surface area contributed by atoms with Crippen LogP contribution in [-0.4, -0.2) is 28.6 Å². The van der Waals surface area contributed by atoms with Gasteiger partial charge in [0, 0.05) is 19.3 Å². The fourth-order valence-corrected chi connectivity index (χ4v) is 2.82. The molecule has 0 saturated carbocycles. The monoisotopic (exact) mass is 273 g/mol. The second-order valence-corrected chi connectivity index (χ2v) is 5.90. The number of anilines is 1. The highest BCUT2D eigenvalue weighted by Gasteiger charge is 2.19. The Morgan fingerprint density at radius 1 is 1.50 bits per heavy atom. The molecule has 0 aromatic carbocycles. The first-order chi connectivity index (χ1) is 9.66. The van der Waals surface area contributed by atoms with Crippen LogP contribution in [0.4, 0.5) is 5.82 Å². The summed E-state index contributed by atoms with van der Waals surface area (Å²) in [5.41, 5.74) is 3.39. The molecular formula is C16H23N3O. The Morgan fingerprint density at radius 3 is 3.05 bits per heavy atom. The van der Waals surface area contributed by atoms with Crippen molar-refractivity contribution in [3.05, 3.63) is 29.6 Å². The lowest BCUT2D eigenvalue weighted by Crippen LogP contribution is -2.20. The molecule has 4 heteroatoms. The Balaban J connectivity index is 1.94. The lowest BCUT2D eigenvalue weighted by Gasteiger charge is -2.14. The third-order valence-corrected chi connectivity index (χ3v) is 3.94. The van der Waals surface area contributed by atoms with Crippen LogP contribution < -0.4 is 5.32 Å². The Hall–Kier alpha value is -1.55. The molecule has 3 heterocycles. The Kier molecular flexibility index (Phi) is 3.66. The number of pyridine rings is 1. The normalized spacial score (nSPS) is 19.1. The van der Waals surface area contributed by atoms with Crippen molar-refractivity contribution in [2.24, 2.45) is 0 Å². The topological polar surface area (TPSA) is 38.6 Å². The van der Waals surface area contributed by atoms with Crippen LogP contribution in [0.2, 0.25) is 0 Å². The summed E-state index contributed by atoms with van der Waals surface area (Å²) in [6.45, 7) is 8.25. The number of rotatable bonds is 4. The first kappa shape index (κ1) is 13.4. The van der Waals surface area contributed by atoms with Crippen molar-refractivity contribution in [3.8, 4) is 0 Å². The number of hydrogen-bond acceptors (Lipinski definition) is 3. The van der Waals surface area contributed by atoms with Gasteiger partial charge in [-0.15, -0.1) is 0 Å². The van der Waals surface area contributed by atoms with Crippen molar-refractivity contribution in [1.82, 2.24) is 9.38 Å². The summed E-state index contributed by atoms with van der Waals surface area (Å²) in [4.78, 5) is 4.82. The molecule has 2 aromatic rings. The van der Waals surface area contributed by atoms with Gasteiger partial charge in [0.2, 0.25) is 0 Å². The van der Waals surface area contributed by atoms with Gasteiger partial charge < -0.3 is 10.1 Å². The van der Waals surface area contributed by atoms with Gasteiger partial charge in [-0.25, -0.2) is 4.98 Å². The summed E-state index contributed by atoms with van der Waals surface area (Å²) in [6.07, 6.45) is 4.75. The summed E-state index contributed by atoms with van der Waals surface area (Å²) < 4.78 is 7.86. The van der Waals surface area contributed by atoms with E-state index in [9.17, 15) is 0 Å². The zero-order chi connectivity index (χ0) is 14.1. The lowest BCUT2D eigenvalue weighted by atomic mass is 10.1. The number of fused-ring (bicyclic) bond motifs is 1. The summed E-state index contributed by atoms with van der Waals surface area (Å²) >= 11 is 0. The molecular weight excluding hydrogens is 250 g/mol. The zero-order valence-electron chi connectivity index (χ0n) is 12.5. The number of hydrogen-bond donors (Lipinski definition) is 1. The molecule has 3 rings (SSSR count). The van der Waals surface area contributed by atoms with Crippen LogP contribution in [0, 0.1) is 6.92 Å². The third kappa shape index (κ3) is 2.40. The van der Waals surface area contributed by atoms with Crippen LogP contribution in [0.15, 0.2) is 18.3 Å². The van der Waals surface area contributed by atoms with Crippen molar-refractivity contribution < 1.29 is 4.74 Å². The van der Waals surface area contributed by atoms with Gasteiger partial charge in [-0.05, 0) is 37.3 Å². The molecule has 0 radical (unpaired) electrons. The molecule has 108 valence electrons. The molecule has 4 nitrogen and oxygen atoms in total. The average Bonchev–Trinajstić information content (AvgIpc) is 3.03. The fourth-order valence-electron chi connectivity index (χ4n) is 2.82. The molecule has 0 amide bonds. The predicted octanol–water partition coefficient (Wildman–Crippen LogP) is 3.36. The molecule has 1 saturated heterocycles. The van der Waals surface area contributed by atoms with Crippen molar-refractivity contribution in [3.63, 3.8) is 0 Å². The molecule has 1 aliphatic rings. The summed E-state index contributed by atoms with van der Waals surface area (Å²) in [5, 5.41) is 3.56. The van der Waals surface area contributed by atoms with Crippen molar-refractivity contribution in [2.75, 3.05) is 18.5 Å². The van der Waals surface area contributed by atoms with Crippen LogP contribution >= 0.6 is 0 Å². The summed E-state index contributed by atoms with van der Waals surface area (Å²) in [5.74, 6) is 1.52. The van der Waals surface area contributed by atoms with Gasteiger partial charge >= 0.3 is 0 Å². The van der Waals surface area contributed by atoms with Gasteiger partial charge in [0.1, 0.15) is 11.5 Å². The van der Waals surface area contributed by atoms with Crippen LogP contribution in [0.25, 0.3) is 5.65 Å². The van der Waals surface area contributed by atoms with Gasteiger partial charge in [0.25, 0.3) is 0 Å². The van der Waals surface area contributed by atoms with E-state index in [4.69, 9.17) is 9.72 Å². The maximum absolute atomic E-state index is 5.70. The van der Waals surface area contributed by atoms with Gasteiger partial charge in [0.15, 0.2) is 0 Å². The van der Waals surface area contributed by atoms with E-state index in [2.05, 4.69) is 48.8 Å². The Labute approximate surface area is 120 Å². The van der Waals surface area contributed by atoms with Gasteiger partial charge in [-0.2, -0.15) is 0 Å². The maximum Gasteiger partial charge on any atom is 0.141 e. The van der Waals surface area contributed by atoms with E-state index < -0.39 is 0 Å². The van der Waals surface area contributed by atoms with Crippen LogP contribution in [0.1, 0.15) is 43.9 Å².